The summed E-state index contributed by atoms with van der Waals surface area (Å²) in [4.78, 5) is 18.2. The van der Waals surface area contributed by atoms with Gasteiger partial charge in [-0.2, -0.15) is 0 Å². The molecular formula is C15H22N2O2. The van der Waals surface area contributed by atoms with Crippen molar-refractivity contribution in [3.8, 4) is 0 Å². The number of carbonyl (C=O) groups is 1. The molecule has 0 spiro atoms. The number of hydrogen-bond donors (Lipinski definition) is 1. The minimum atomic E-state index is 0.125. The van der Waals surface area contributed by atoms with E-state index in [9.17, 15) is 4.79 Å². The lowest BCUT2D eigenvalue weighted by Gasteiger charge is -2.30. The fourth-order valence-corrected chi connectivity index (χ4v) is 2.83. The average Bonchev–Trinajstić information content (AvgIpc) is 2.48. The standard InChI is InChI=1S/C15H22N2O2/c1-17(14-3-2-9-16-11-14)15(19)13-6-4-12(5-7-13)8-10-18/h2-3,9,11-13,18H,4-8,10H2,1H3. The van der Waals surface area contributed by atoms with Gasteiger partial charge in [0, 0.05) is 25.8 Å². The second kappa shape index (κ2) is 6.66. The Morgan fingerprint density at radius 2 is 2.16 bits per heavy atom. The van der Waals surface area contributed by atoms with Gasteiger partial charge in [-0.3, -0.25) is 9.78 Å². The second-order valence-corrected chi connectivity index (χ2v) is 5.34. The van der Waals surface area contributed by atoms with Crippen LogP contribution in [0.5, 0.6) is 0 Å². The Balaban J connectivity index is 1.91. The van der Waals surface area contributed by atoms with Crippen LogP contribution in [0.3, 0.4) is 0 Å². The molecule has 0 radical (unpaired) electrons. The number of pyridine rings is 1. The zero-order chi connectivity index (χ0) is 13.7. The zero-order valence-corrected chi connectivity index (χ0v) is 11.5. The van der Waals surface area contributed by atoms with Gasteiger partial charge in [0.15, 0.2) is 0 Å². The van der Waals surface area contributed by atoms with Crippen LogP contribution in [0.25, 0.3) is 0 Å². The molecular weight excluding hydrogens is 240 g/mol. The monoisotopic (exact) mass is 262 g/mol. The van der Waals surface area contributed by atoms with Gasteiger partial charge in [0.25, 0.3) is 0 Å². The van der Waals surface area contributed by atoms with Gasteiger partial charge in [0.2, 0.25) is 5.91 Å². The number of aliphatic hydroxyl groups excluding tert-OH is 1. The molecule has 0 saturated heterocycles. The summed E-state index contributed by atoms with van der Waals surface area (Å²) in [7, 11) is 1.82. The maximum absolute atomic E-state index is 12.4. The minimum absolute atomic E-state index is 0.125. The normalized spacial score (nSPS) is 23.1. The van der Waals surface area contributed by atoms with E-state index in [4.69, 9.17) is 5.11 Å². The van der Waals surface area contributed by atoms with Gasteiger partial charge in [0.1, 0.15) is 0 Å². The Kier molecular flexibility index (Phi) is 4.91. The van der Waals surface area contributed by atoms with Gasteiger partial charge >= 0.3 is 0 Å². The van der Waals surface area contributed by atoms with Crippen molar-refractivity contribution in [2.24, 2.45) is 11.8 Å². The van der Waals surface area contributed by atoms with Crippen LogP contribution in [-0.4, -0.2) is 29.7 Å². The largest absolute Gasteiger partial charge is 0.396 e. The molecule has 1 aromatic rings. The molecule has 1 fully saturated rings. The second-order valence-electron chi connectivity index (χ2n) is 5.34. The van der Waals surface area contributed by atoms with Crippen molar-refractivity contribution < 1.29 is 9.90 Å². The van der Waals surface area contributed by atoms with E-state index in [-0.39, 0.29) is 18.4 Å². The summed E-state index contributed by atoms with van der Waals surface area (Å²) < 4.78 is 0. The van der Waals surface area contributed by atoms with Crippen LogP contribution in [0.4, 0.5) is 5.69 Å². The smallest absolute Gasteiger partial charge is 0.229 e. The molecule has 1 aromatic heterocycles. The maximum atomic E-state index is 12.4. The molecule has 1 amide bonds. The highest BCUT2D eigenvalue weighted by atomic mass is 16.3. The summed E-state index contributed by atoms with van der Waals surface area (Å²) >= 11 is 0. The van der Waals surface area contributed by atoms with Crippen LogP contribution in [0.1, 0.15) is 32.1 Å². The van der Waals surface area contributed by atoms with Gasteiger partial charge < -0.3 is 10.0 Å². The molecule has 1 saturated carbocycles. The molecule has 1 aliphatic rings. The first-order chi connectivity index (χ1) is 9.22. The van der Waals surface area contributed by atoms with Crippen LogP contribution < -0.4 is 4.90 Å². The van der Waals surface area contributed by atoms with E-state index in [1.807, 2.05) is 19.2 Å². The summed E-state index contributed by atoms with van der Waals surface area (Å²) in [6.45, 7) is 0.263. The Bertz CT molecular complexity index is 400. The third kappa shape index (κ3) is 3.53. The first-order valence-corrected chi connectivity index (χ1v) is 7.01. The summed E-state index contributed by atoms with van der Waals surface area (Å²) in [6.07, 6.45) is 8.29. The number of nitrogens with zero attached hydrogens (tertiary/aromatic N) is 2. The van der Waals surface area contributed by atoms with Crippen molar-refractivity contribution in [1.29, 1.82) is 0 Å². The van der Waals surface area contributed by atoms with Gasteiger partial charge in [-0.25, -0.2) is 0 Å². The van der Waals surface area contributed by atoms with E-state index < -0.39 is 0 Å². The molecule has 0 unspecified atom stereocenters. The summed E-state index contributed by atoms with van der Waals surface area (Å²) in [5.41, 5.74) is 0.852. The number of amides is 1. The number of anilines is 1. The van der Waals surface area contributed by atoms with Crippen molar-refractivity contribution >= 4 is 11.6 Å². The molecule has 104 valence electrons. The molecule has 0 aromatic carbocycles. The van der Waals surface area contributed by atoms with Gasteiger partial charge in [0.05, 0.1) is 11.9 Å². The van der Waals surface area contributed by atoms with Crippen molar-refractivity contribution in [2.75, 3.05) is 18.6 Å². The fraction of sp³-hybridized carbons (Fsp3) is 0.600. The fourth-order valence-electron chi connectivity index (χ4n) is 2.83. The minimum Gasteiger partial charge on any atom is -0.396 e. The third-order valence-corrected chi connectivity index (χ3v) is 4.10. The van der Waals surface area contributed by atoms with Crippen LogP contribution in [0, 0.1) is 11.8 Å². The van der Waals surface area contributed by atoms with E-state index in [2.05, 4.69) is 4.98 Å². The van der Waals surface area contributed by atoms with Crippen LogP contribution in [0.2, 0.25) is 0 Å². The number of rotatable bonds is 4. The predicted octanol–water partition coefficient (Wildman–Crippen LogP) is 2.23. The lowest BCUT2D eigenvalue weighted by Crippen LogP contribution is -2.35. The summed E-state index contributed by atoms with van der Waals surface area (Å²) in [5.74, 6) is 0.911. The van der Waals surface area contributed by atoms with Crippen molar-refractivity contribution in [1.82, 2.24) is 4.98 Å². The van der Waals surface area contributed by atoms with Crippen molar-refractivity contribution in [3.05, 3.63) is 24.5 Å². The Morgan fingerprint density at radius 1 is 1.42 bits per heavy atom. The lowest BCUT2D eigenvalue weighted by molar-refractivity contribution is -0.123. The molecule has 1 heterocycles. The molecule has 0 atom stereocenters. The molecule has 1 aliphatic carbocycles. The zero-order valence-electron chi connectivity index (χ0n) is 11.5. The highest BCUT2D eigenvalue weighted by molar-refractivity contribution is 5.94. The number of aliphatic hydroxyl groups is 1. The molecule has 4 heteroatoms. The Hall–Kier alpha value is -1.42. The van der Waals surface area contributed by atoms with E-state index in [0.717, 1.165) is 37.8 Å². The SMILES string of the molecule is CN(C(=O)C1CCC(CCO)CC1)c1cccnc1. The Morgan fingerprint density at radius 3 is 2.74 bits per heavy atom. The topological polar surface area (TPSA) is 53.4 Å². The molecule has 0 bridgehead atoms. The van der Waals surface area contributed by atoms with Crippen LogP contribution >= 0.6 is 0 Å². The quantitative estimate of drug-likeness (QED) is 0.905. The highest BCUT2D eigenvalue weighted by Crippen LogP contribution is 2.32. The Labute approximate surface area is 114 Å². The van der Waals surface area contributed by atoms with E-state index in [1.165, 1.54) is 0 Å². The third-order valence-electron chi connectivity index (χ3n) is 4.10. The van der Waals surface area contributed by atoms with Crippen LogP contribution in [0.15, 0.2) is 24.5 Å². The first kappa shape index (κ1) is 14.0. The average molecular weight is 262 g/mol. The molecule has 19 heavy (non-hydrogen) atoms. The number of hydrogen-bond acceptors (Lipinski definition) is 3. The molecule has 1 N–H and O–H groups in total. The molecule has 2 rings (SSSR count). The van der Waals surface area contributed by atoms with Crippen LogP contribution in [-0.2, 0) is 4.79 Å². The van der Waals surface area contributed by atoms with Gasteiger partial charge in [-0.1, -0.05) is 0 Å². The van der Waals surface area contributed by atoms with E-state index in [0.29, 0.717) is 5.92 Å². The highest BCUT2D eigenvalue weighted by Gasteiger charge is 2.28. The molecule has 0 aliphatic heterocycles. The van der Waals surface area contributed by atoms with Crippen molar-refractivity contribution in [2.45, 2.75) is 32.1 Å². The van der Waals surface area contributed by atoms with Crippen molar-refractivity contribution in [3.63, 3.8) is 0 Å². The number of aromatic nitrogens is 1. The first-order valence-electron chi connectivity index (χ1n) is 7.01. The lowest BCUT2D eigenvalue weighted by atomic mass is 9.80. The van der Waals surface area contributed by atoms with E-state index >= 15 is 0 Å². The maximum Gasteiger partial charge on any atom is 0.229 e. The predicted molar refractivity (Wildman–Crippen MR) is 74.8 cm³/mol. The van der Waals surface area contributed by atoms with Gasteiger partial charge in [-0.15, -0.1) is 0 Å². The molecule has 4 nitrogen and oxygen atoms in total. The van der Waals surface area contributed by atoms with Gasteiger partial charge in [-0.05, 0) is 50.2 Å². The summed E-state index contributed by atoms with van der Waals surface area (Å²) in [5, 5.41) is 8.95. The van der Waals surface area contributed by atoms with E-state index in [1.54, 1.807) is 17.3 Å². The summed E-state index contributed by atoms with van der Waals surface area (Å²) in [6, 6.07) is 3.75. The number of carbonyl (C=O) groups excluding carboxylic acids is 1.